The van der Waals surface area contributed by atoms with Crippen molar-refractivity contribution >= 4 is 44.9 Å². The summed E-state index contributed by atoms with van der Waals surface area (Å²) in [6.45, 7) is 4.33. The average molecular weight is 597 g/mol. The Hall–Kier alpha value is -2.13. The van der Waals surface area contributed by atoms with E-state index in [0.717, 1.165) is 11.1 Å². The van der Waals surface area contributed by atoms with E-state index in [9.17, 15) is 23.1 Å². The number of aliphatic carboxylic acids is 1. The minimum Gasteiger partial charge on any atom is -0.481 e. The molecule has 0 aromatic heterocycles. The topological polar surface area (TPSA) is 101 Å². The first-order valence-electron chi connectivity index (χ1n) is 13.3. The summed E-state index contributed by atoms with van der Waals surface area (Å²) in [6.07, 6.45) is 1.15. The number of rotatable bonds is 9. The molecule has 7 nitrogen and oxygen atoms in total. The summed E-state index contributed by atoms with van der Waals surface area (Å²) in [6, 6.07) is 13.4. The van der Waals surface area contributed by atoms with Crippen LogP contribution in [0, 0.1) is 5.41 Å². The van der Waals surface area contributed by atoms with E-state index in [2.05, 4.69) is 0 Å². The van der Waals surface area contributed by atoms with Crippen LogP contribution in [0.25, 0.3) is 0 Å². The number of piperidine rings is 1. The van der Waals surface area contributed by atoms with Gasteiger partial charge in [0.1, 0.15) is 0 Å². The molecule has 2 aliphatic heterocycles. The number of carboxylic acids is 1. The summed E-state index contributed by atoms with van der Waals surface area (Å²) >= 11 is 12.6. The Morgan fingerprint density at radius 2 is 1.77 bits per heavy atom. The molecule has 2 aliphatic rings. The minimum atomic E-state index is -3.56. The number of halogens is 2. The Morgan fingerprint density at radius 1 is 1.10 bits per heavy atom. The number of benzene rings is 2. The molecule has 10 heteroatoms. The van der Waals surface area contributed by atoms with Crippen molar-refractivity contribution in [3.8, 4) is 0 Å². The van der Waals surface area contributed by atoms with Gasteiger partial charge in [-0.1, -0.05) is 61.3 Å². The monoisotopic (exact) mass is 595 g/mol. The van der Waals surface area contributed by atoms with E-state index in [0.29, 0.717) is 42.5 Å². The van der Waals surface area contributed by atoms with Crippen molar-refractivity contribution < 1.29 is 27.9 Å². The lowest BCUT2D eigenvalue weighted by Crippen LogP contribution is -2.57. The van der Waals surface area contributed by atoms with Crippen LogP contribution >= 0.6 is 23.2 Å². The van der Waals surface area contributed by atoms with E-state index in [4.69, 9.17) is 27.9 Å². The zero-order valence-corrected chi connectivity index (χ0v) is 24.5. The van der Waals surface area contributed by atoms with Crippen LogP contribution in [0.1, 0.15) is 69.0 Å². The number of ether oxygens (including phenoxy) is 1. The molecular weight excluding hydrogens is 561 g/mol. The molecule has 1 N–H and O–H groups in total. The van der Waals surface area contributed by atoms with Gasteiger partial charge in [0.15, 0.2) is 9.84 Å². The lowest BCUT2D eigenvalue weighted by molar-refractivity contribution is -0.160. The second kappa shape index (κ2) is 12.2. The third-order valence-corrected chi connectivity index (χ3v) is 10.9. The predicted molar refractivity (Wildman–Crippen MR) is 152 cm³/mol. The van der Waals surface area contributed by atoms with Crippen LogP contribution in [0.5, 0.6) is 0 Å². The van der Waals surface area contributed by atoms with Crippen molar-refractivity contribution in [3.63, 3.8) is 0 Å². The molecule has 212 valence electrons. The quantitative estimate of drug-likeness (QED) is 0.387. The van der Waals surface area contributed by atoms with Gasteiger partial charge in [-0.15, -0.1) is 0 Å². The molecule has 2 heterocycles. The third-order valence-electron chi connectivity index (χ3n) is 8.10. The highest BCUT2D eigenvalue weighted by molar-refractivity contribution is 7.92. The van der Waals surface area contributed by atoms with Gasteiger partial charge in [-0.2, -0.15) is 0 Å². The molecular formula is C29H35Cl2NO6S. The molecule has 2 aromatic carbocycles. The Balaban J connectivity index is 1.86. The number of hydrogen-bond acceptors (Lipinski definition) is 5. The maximum atomic E-state index is 14.3. The fraction of sp³-hybridized carbons (Fsp3) is 0.517. The van der Waals surface area contributed by atoms with Crippen molar-refractivity contribution in [2.45, 2.75) is 69.2 Å². The maximum Gasteiger partial charge on any atom is 0.304 e. The van der Waals surface area contributed by atoms with Gasteiger partial charge in [-0.25, -0.2) is 8.42 Å². The molecule has 1 amide bonds. The Bertz CT molecular complexity index is 1300. The number of likely N-dealkylation sites (tertiary alicyclic amines) is 1. The van der Waals surface area contributed by atoms with Gasteiger partial charge in [0.05, 0.1) is 28.9 Å². The van der Waals surface area contributed by atoms with Crippen LogP contribution in [0.15, 0.2) is 48.5 Å². The first-order chi connectivity index (χ1) is 18.4. The second-order valence-electron chi connectivity index (χ2n) is 10.9. The second-order valence-corrected chi connectivity index (χ2v) is 14.1. The summed E-state index contributed by atoms with van der Waals surface area (Å²) in [7, 11) is -3.56. The minimum absolute atomic E-state index is 0.199. The van der Waals surface area contributed by atoms with Crippen LogP contribution in [0.3, 0.4) is 0 Å². The van der Waals surface area contributed by atoms with E-state index >= 15 is 0 Å². The third kappa shape index (κ3) is 6.62. The summed E-state index contributed by atoms with van der Waals surface area (Å²) in [5, 5.41) is 10.3. The van der Waals surface area contributed by atoms with Crippen LogP contribution in [0.2, 0.25) is 10.0 Å². The summed E-state index contributed by atoms with van der Waals surface area (Å²) in [5.41, 5.74) is 0.424. The number of hydrogen-bond donors (Lipinski definition) is 1. The number of carboxylic acid groups (broad SMARTS) is 1. The first-order valence-corrected chi connectivity index (χ1v) is 15.8. The Labute approximate surface area is 240 Å². The molecule has 0 bridgehead atoms. The van der Waals surface area contributed by atoms with Crippen molar-refractivity contribution in [1.82, 2.24) is 4.90 Å². The average Bonchev–Trinajstić information content (AvgIpc) is 2.89. The number of sulfone groups is 1. The molecule has 4 rings (SSSR count). The summed E-state index contributed by atoms with van der Waals surface area (Å²) < 4.78 is 32.6. The predicted octanol–water partition coefficient (Wildman–Crippen LogP) is 5.90. The van der Waals surface area contributed by atoms with E-state index in [1.807, 2.05) is 37.3 Å². The molecule has 2 saturated heterocycles. The maximum absolute atomic E-state index is 14.3. The van der Waals surface area contributed by atoms with E-state index < -0.39 is 38.6 Å². The molecule has 0 unspecified atom stereocenters. The lowest BCUT2D eigenvalue weighted by atomic mass is 9.67. The summed E-state index contributed by atoms with van der Waals surface area (Å²) in [5.74, 6) is -1.96. The lowest BCUT2D eigenvalue weighted by Gasteiger charge is -2.52. The van der Waals surface area contributed by atoms with Gasteiger partial charge in [0.25, 0.3) is 0 Å². The van der Waals surface area contributed by atoms with Crippen LogP contribution in [-0.4, -0.2) is 60.6 Å². The van der Waals surface area contributed by atoms with Gasteiger partial charge in [0, 0.05) is 35.2 Å². The molecule has 39 heavy (non-hydrogen) atoms. The largest absolute Gasteiger partial charge is 0.481 e. The van der Waals surface area contributed by atoms with Crippen LogP contribution < -0.4 is 0 Å². The normalized spacial score (nSPS) is 25.4. The standard InChI is InChI=1S/C29H35Cl2NO6S/c1-3-23(18-39(36,37)24-11-13-38-14-12-24)32-27(19-7-9-21(30)10-8-19)25(20-5-4-6-22(31)15-20)16-29(2,28(32)35)17-26(33)34/h4-10,15,23-25,27H,3,11-14,16-18H2,1-2H3,(H,33,34)/t23-,25+,27+,29-/m0/s1. The molecule has 0 saturated carbocycles. The highest BCUT2D eigenvalue weighted by atomic mass is 35.5. The smallest absolute Gasteiger partial charge is 0.304 e. The van der Waals surface area contributed by atoms with Crippen molar-refractivity contribution in [1.29, 1.82) is 0 Å². The van der Waals surface area contributed by atoms with E-state index in [1.165, 1.54) is 0 Å². The Morgan fingerprint density at radius 3 is 2.36 bits per heavy atom. The van der Waals surface area contributed by atoms with Gasteiger partial charge >= 0.3 is 5.97 Å². The molecule has 0 aliphatic carbocycles. The zero-order valence-electron chi connectivity index (χ0n) is 22.2. The van der Waals surface area contributed by atoms with Crippen molar-refractivity contribution in [2.24, 2.45) is 5.41 Å². The van der Waals surface area contributed by atoms with Crippen molar-refractivity contribution in [2.75, 3.05) is 19.0 Å². The Kier molecular flexibility index (Phi) is 9.31. The van der Waals surface area contributed by atoms with Gasteiger partial charge in [0.2, 0.25) is 5.91 Å². The van der Waals surface area contributed by atoms with Crippen LogP contribution in [-0.2, 0) is 24.2 Å². The van der Waals surface area contributed by atoms with Gasteiger partial charge in [-0.3, -0.25) is 9.59 Å². The van der Waals surface area contributed by atoms with Crippen LogP contribution in [0.4, 0.5) is 0 Å². The fourth-order valence-corrected chi connectivity index (χ4v) is 8.56. The number of carbonyl (C=O) groups excluding carboxylic acids is 1. The number of nitrogens with zero attached hydrogens (tertiary/aromatic N) is 1. The SMILES string of the molecule is CC[C@@H](CS(=O)(=O)C1CCOCC1)N1C(=O)[C@](C)(CC(=O)O)C[C@H](c2cccc(Cl)c2)[C@H]1c1ccc(Cl)cc1. The molecule has 2 fully saturated rings. The zero-order chi connectivity index (χ0) is 28.4. The van der Waals surface area contributed by atoms with E-state index in [1.54, 1.807) is 30.0 Å². The molecule has 4 atom stereocenters. The van der Waals surface area contributed by atoms with Gasteiger partial charge in [-0.05, 0) is 61.1 Å². The van der Waals surface area contributed by atoms with E-state index in [-0.39, 0.29) is 30.4 Å². The number of carbonyl (C=O) groups is 2. The molecule has 2 aromatic rings. The first kappa shape index (κ1) is 29.8. The summed E-state index contributed by atoms with van der Waals surface area (Å²) in [4.78, 5) is 28.0. The van der Waals surface area contributed by atoms with Gasteiger partial charge < -0.3 is 14.7 Å². The highest BCUT2D eigenvalue weighted by Crippen LogP contribution is 2.52. The van der Waals surface area contributed by atoms with Crippen molar-refractivity contribution in [3.05, 3.63) is 69.7 Å². The fourth-order valence-electron chi connectivity index (χ4n) is 6.12. The molecule has 0 radical (unpaired) electrons. The molecule has 0 spiro atoms. The number of amides is 1. The highest BCUT2D eigenvalue weighted by Gasteiger charge is 2.53.